The van der Waals surface area contributed by atoms with E-state index in [-0.39, 0.29) is 6.10 Å². The standard InChI is InChI=1S/C11H18O/c1-2-3-7-10-12-11-8-5-4-6-9-11/h5-6,8-9,11H,2-4,7,10H2,1H3. The molecule has 1 nitrogen and oxygen atoms in total. The van der Waals surface area contributed by atoms with E-state index in [0.717, 1.165) is 13.0 Å². The van der Waals surface area contributed by atoms with Crippen molar-refractivity contribution in [1.29, 1.82) is 0 Å². The number of hydrogen-bond donors (Lipinski definition) is 0. The summed E-state index contributed by atoms with van der Waals surface area (Å²) in [4.78, 5) is 0. The average molecular weight is 166 g/mol. The van der Waals surface area contributed by atoms with Gasteiger partial charge in [-0.25, -0.2) is 0 Å². The van der Waals surface area contributed by atoms with E-state index in [1.54, 1.807) is 0 Å². The molecule has 0 bridgehead atoms. The van der Waals surface area contributed by atoms with Crippen molar-refractivity contribution in [2.24, 2.45) is 0 Å². The Kier molecular flexibility index (Phi) is 4.77. The maximum absolute atomic E-state index is 5.61. The van der Waals surface area contributed by atoms with Crippen LogP contribution < -0.4 is 0 Å². The molecular formula is C11H18O. The van der Waals surface area contributed by atoms with E-state index in [1.165, 1.54) is 19.3 Å². The molecule has 0 saturated heterocycles. The smallest absolute Gasteiger partial charge is 0.0937 e. The molecule has 0 heterocycles. The van der Waals surface area contributed by atoms with Crippen molar-refractivity contribution in [3.05, 3.63) is 24.3 Å². The van der Waals surface area contributed by atoms with Crippen molar-refractivity contribution in [3.8, 4) is 0 Å². The van der Waals surface area contributed by atoms with Crippen LogP contribution in [0.4, 0.5) is 0 Å². The van der Waals surface area contributed by atoms with Crippen LogP contribution in [0.1, 0.15) is 32.6 Å². The third-order valence-corrected chi connectivity index (χ3v) is 1.98. The van der Waals surface area contributed by atoms with Gasteiger partial charge in [-0.15, -0.1) is 0 Å². The van der Waals surface area contributed by atoms with Gasteiger partial charge in [0.25, 0.3) is 0 Å². The Morgan fingerprint density at radius 2 is 2.00 bits per heavy atom. The molecule has 12 heavy (non-hydrogen) atoms. The lowest BCUT2D eigenvalue weighted by atomic mass is 10.2. The zero-order chi connectivity index (χ0) is 8.65. The molecule has 0 unspecified atom stereocenters. The van der Waals surface area contributed by atoms with E-state index in [9.17, 15) is 0 Å². The molecule has 0 spiro atoms. The molecule has 1 aliphatic carbocycles. The van der Waals surface area contributed by atoms with Gasteiger partial charge in [0.2, 0.25) is 0 Å². The zero-order valence-corrected chi connectivity index (χ0v) is 7.83. The van der Waals surface area contributed by atoms with Gasteiger partial charge in [0, 0.05) is 6.61 Å². The van der Waals surface area contributed by atoms with Crippen LogP contribution in [0.25, 0.3) is 0 Å². The van der Waals surface area contributed by atoms with Crippen molar-refractivity contribution in [3.63, 3.8) is 0 Å². The highest BCUT2D eigenvalue weighted by Crippen LogP contribution is 2.06. The van der Waals surface area contributed by atoms with Crippen molar-refractivity contribution < 1.29 is 4.74 Å². The molecule has 0 N–H and O–H groups in total. The molecule has 0 aromatic rings. The van der Waals surface area contributed by atoms with Gasteiger partial charge in [0.1, 0.15) is 0 Å². The minimum Gasteiger partial charge on any atom is -0.370 e. The first-order valence-electron chi connectivity index (χ1n) is 4.88. The second kappa shape index (κ2) is 6.01. The minimum atomic E-state index is 0.246. The maximum atomic E-state index is 5.61. The van der Waals surface area contributed by atoms with Crippen LogP contribution in [0.2, 0.25) is 0 Å². The highest BCUT2D eigenvalue weighted by molar-refractivity contribution is 5.10. The molecule has 0 aromatic heterocycles. The van der Waals surface area contributed by atoms with Gasteiger partial charge in [-0.05, 0) is 12.8 Å². The Morgan fingerprint density at radius 3 is 2.67 bits per heavy atom. The Labute approximate surface area is 75.1 Å². The second-order valence-corrected chi connectivity index (χ2v) is 3.13. The first-order valence-corrected chi connectivity index (χ1v) is 4.88. The average Bonchev–Trinajstić information content (AvgIpc) is 2.14. The third kappa shape index (κ3) is 3.72. The highest BCUT2D eigenvalue weighted by atomic mass is 16.5. The highest BCUT2D eigenvalue weighted by Gasteiger charge is 2.01. The number of unbranched alkanes of at least 4 members (excludes halogenated alkanes) is 2. The normalized spacial score (nSPS) is 17.1. The van der Waals surface area contributed by atoms with Gasteiger partial charge < -0.3 is 4.74 Å². The predicted molar refractivity (Wildman–Crippen MR) is 52.2 cm³/mol. The summed E-state index contributed by atoms with van der Waals surface area (Å²) in [6.45, 7) is 3.10. The lowest BCUT2D eigenvalue weighted by Crippen LogP contribution is -2.09. The molecule has 1 rings (SSSR count). The van der Waals surface area contributed by atoms with E-state index in [2.05, 4.69) is 31.2 Å². The van der Waals surface area contributed by atoms with Crippen LogP contribution in [0, 0.1) is 0 Å². The van der Waals surface area contributed by atoms with E-state index < -0.39 is 0 Å². The first kappa shape index (κ1) is 9.53. The van der Waals surface area contributed by atoms with Crippen molar-refractivity contribution in [2.75, 3.05) is 6.61 Å². The van der Waals surface area contributed by atoms with Gasteiger partial charge in [0.15, 0.2) is 0 Å². The lowest BCUT2D eigenvalue weighted by molar-refractivity contribution is 0.111. The van der Waals surface area contributed by atoms with Crippen molar-refractivity contribution >= 4 is 0 Å². The molecule has 0 aliphatic heterocycles. The molecule has 68 valence electrons. The number of hydrogen-bond acceptors (Lipinski definition) is 1. The Hall–Kier alpha value is -0.560. The summed E-state index contributed by atoms with van der Waals surface area (Å²) in [6.07, 6.45) is 13.6. The summed E-state index contributed by atoms with van der Waals surface area (Å²) < 4.78 is 5.61. The summed E-state index contributed by atoms with van der Waals surface area (Å²) >= 11 is 0. The third-order valence-electron chi connectivity index (χ3n) is 1.98. The number of rotatable bonds is 5. The van der Waals surface area contributed by atoms with Crippen LogP contribution >= 0.6 is 0 Å². The van der Waals surface area contributed by atoms with Crippen molar-refractivity contribution in [1.82, 2.24) is 0 Å². The predicted octanol–water partition coefficient (Wildman–Crippen LogP) is 3.08. The van der Waals surface area contributed by atoms with Gasteiger partial charge in [-0.1, -0.05) is 44.1 Å². The Bertz CT molecular complexity index is 146. The summed E-state index contributed by atoms with van der Waals surface area (Å²) in [5.74, 6) is 0. The fourth-order valence-corrected chi connectivity index (χ4v) is 1.25. The van der Waals surface area contributed by atoms with Crippen LogP contribution in [0.15, 0.2) is 24.3 Å². The molecular weight excluding hydrogens is 148 g/mol. The van der Waals surface area contributed by atoms with Crippen LogP contribution in [-0.2, 0) is 4.74 Å². The van der Waals surface area contributed by atoms with E-state index in [0.29, 0.717) is 0 Å². The summed E-state index contributed by atoms with van der Waals surface area (Å²) in [7, 11) is 0. The molecule has 0 radical (unpaired) electrons. The quantitative estimate of drug-likeness (QED) is 0.450. The summed E-state index contributed by atoms with van der Waals surface area (Å²) in [5.41, 5.74) is 0. The Balaban J connectivity index is 2.02. The van der Waals surface area contributed by atoms with Gasteiger partial charge in [-0.2, -0.15) is 0 Å². The molecule has 0 atom stereocenters. The zero-order valence-electron chi connectivity index (χ0n) is 7.83. The van der Waals surface area contributed by atoms with Crippen LogP contribution in [0.3, 0.4) is 0 Å². The van der Waals surface area contributed by atoms with E-state index in [4.69, 9.17) is 4.74 Å². The fourth-order valence-electron chi connectivity index (χ4n) is 1.25. The van der Waals surface area contributed by atoms with Gasteiger partial charge >= 0.3 is 0 Å². The Morgan fingerprint density at radius 1 is 1.25 bits per heavy atom. The number of ether oxygens (including phenoxy) is 1. The lowest BCUT2D eigenvalue weighted by Gasteiger charge is -2.11. The van der Waals surface area contributed by atoms with Crippen molar-refractivity contribution in [2.45, 2.75) is 38.7 Å². The van der Waals surface area contributed by atoms with Gasteiger partial charge in [-0.3, -0.25) is 0 Å². The molecule has 0 amide bonds. The van der Waals surface area contributed by atoms with E-state index >= 15 is 0 Å². The largest absolute Gasteiger partial charge is 0.370 e. The topological polar surface area (TPSA) is 9.23 Å². The number of allylic oxidation sites excluding steroid dienone is 2. The molecule has 1 heteroatoms. The van der Waals surface area contributed by atoms with Crippen LogP contribution in [-0.4, -0.2) is 12.7 Å². The molecule has 0 aromatic carbocycles. The second-order valence-electron chi connectivity index (χ2n) is 3.13. The fraction of sp³-hybridized carbons (Fsp3) is 0.636. The molecule has 0 saturated carbocycles. The van der Waals surface area contributed by atoms with Gasteiger partial charge in [0.05, 0.1) is 6.10 Å². The van der Waals surface area contributed by atoms with Crippen LogP contribution in [0.5, 0.6) is 0 Å². The van der Waals surface area contributed by atoms with E-state index in [1.807, 2.05) is 0 Å². The molecule has 1 aliphatic rings. The first-order chi connectivity index (χ1) is 5.93. The summed E-state index contributed by atoms with van der Waals surface area (Å²) in [6, 6.07) is 0. The SMILES string of the molecule is CCCCCOC1C=CCC=C1. The minimum absolute atomic E-state index is 0.246. The molecule has 0 fully saturated rings. The maximum Gasteiger partial charge on any atom is 0.0937 e. The monoisotopic (exact) mass is 166 g/mol. The summed E-state index contributed by atoms with van der Waals surface area (Å²) in [5, 5.41) is 0.